The average molecular weight is 407 g/mol. The van der Waals surface area contributed by atoms with Gasteiger partial charge >= 0.3 is 0 Å². The Morgan fingerprint density at radius 1 is 1.00 bits per heavy atom. The maximum Gasteiger partial charge on any atom is 0.271 e. The Bertz CT molecular complexity index is 995. The zero-order valence-electron chi connectivity index (χ0n) is 16.1. The summed E-state index contributed by atoms with van der Waals surface area (Å²) in [4.78, 5) is 25.3. The molecular weight excluding hydrogens is 386 g/mol. The first kappa shape index (κ1) is 20.3. The van der Waals surface area contributed by atoms with Crippen molar-refractivity contribution in [3.8, 4) is 5.75 Å². The second-order valence-electron chi connectivity index (χ2n) is 6.25. The van der Waals surface area contributed by atoms with Crippen molar-refractivity contribution in [2.24, 2.45) is 5.10 Å². The Labute approximate surface area is 173 Å². The second-order valence-corrected chi connectivity index (χ2v) is 7.28. The van der Waals surface area contributed by atoms with E-state index in [2.05, 4.69) is 15.8 Å². The molecule has 0 spiro atoms. The molecule has 0 aliphatic heterocycles. The largest absolute Gasteiger partial charge is 0.497 e. The van der Waals surface area contributed by atoms with E-state index < -0.39 is 0 Å². The Morgan fingerprint density at radius 2 is 1.69 bits per heavy atom. The molecule has 3 rings (SSSR count). The highest BCUT2D eigenvalue weighted by molar-refractivity contribution is 7.10. The fourth-order valence-electron chi connectivity index (χ4n) is 2.58. The average Bonchev–Trinajstić information content (AvgIpc) is 3.25. The molecule has 7 heteroatoms. The van der Waals surface area contributed by atoms with E-state index in [1.54, 1.807) is 49.6 Å². The van der Waals surface area contributed by atoms with Crippen molar-refractivity contribution in [2.45, 2.75) is 13.3 Å². The lowest BCUT2D eigenvalue weighted by atomic mass is 10.1. The number of ether oxygens (including phenoxy) is 1. The van der Waals surface area contributed by atoms with Gasteiger partial charge in [-0.25, -0.2) is 5.43 Å². The minimum atomic E-state index is -0.301. The molecule has 0 saturated heterocycles. The van der Waals surface area contributed by atoms with Gasteiger partial charge in [-0.05, 0) is 60.3 Å². The maximum absolute atomic E-state index is 12.2. The third kappa shape index (κ3) is 5.76. The van der Waals surface area contributed by atoms with Gasteiger partial charge in [-0.2, -0.15) is 5.10 Å². The van der Waals surface area contributed by atoms with Crippen LogP contribution in [0.1, 0.15) is 27.7 Å². The molecule has 0 bridgehead atoms. The molecule has 0 atom stereocenters. The molecule has 3 aromatic rings. The van der Waals surface area contributed by atoms with Crippen LogP contribution in [-0.2, 0) is 11.2 Å². The summed E-state index contributed by atoms with van der Waals surface area (Å²) in [6, 6.07) is 18.0. The van der Waals surface area contributed by atoms with Gasteiger partial charge in [0, 0.05) is 16.1 Å². The van der Waals surface area contributed by atoms with Crippen LogP contribution in [0.15, 0.2) is 71.1 Å². The normalized spacial score (nSPS) is 11.0. The number of rotatable bonds is 7. The summed E-state index contributed by atoms with van der Waals surface area (Å²) in [5.74, 6) is 0.325. The highest BCUT2D eigenvalue weighted by Crippen LogP contribution is 2.14. The summed E-state index contributed by atoms with van der Waals surface area (Å²) in [6.45, 7) is 1.80. The number of methoxy groups -OCH3 is 1. The zero-order chi connectivity index (χ0) is 20.6. The molecule has 6 nitrogen and oxygen atoms in total. The van der Waals surface area contributed by atoms with Gasteiger partial charge in [-0.15, -0.1) is 11.3 Å². The van der Waals surface area contributed by atoms with E-state index in [0.29, 0.717) is 29.1 Å². The summed E-state index contributed by atoms with van der Waals surface area (Å²) in [7, 11) is 1.57. The van der Waals surface area contributed by atoms with Crippen molar-refractivity contribution in [1.82, 2.24) is 5.43 Å². The molecular formula is C22H21N3O3S. The number of hydrazone groups is 1. The van der Waals surface area contributed by atoms with Crippen molar-refractivity contribution in [2.75, 3.05) is 12.4 Å². The van der Waals surface area contributed by atoms with Crippen molar-refractivity contribution >= 4 is 34.6 Å². The van der Waals surface area contributed by atoms with Gasteiger partial charge in [0.2, 0.25) is 5.91 Å². The summed E-state index contributed by atoms with van der Waals surface area (Å²) in [5, 5.41) is 8.98. The van der Waals surface area contributed by atoms with E-state index in [1.807, 2.05) is 41.8 Å². The molecule has 0 fully saturated rings. The smallest absolute Gasteiger partial charge is 0.271 e. The number of anilines is 1. The predicted octanol–water partition coefficient (Wildman–Crippen LogP) is 4.09. The molecule has 1 heterocycles. The lowest BCUT2D eigenvalue weighted by Crippen LogP contribution is -2.19. The molecule has 29 heavy (non-hydrogen) atoms. The molecule has 1 aromatic heterocycles. The van der Waals surface area contributed by atoms with Gasteiger partial charge in [0.15, 0.2) is 0 Å². The molecule has 2 amide bonds. The van der Waals surface area contributed by atoms with E-state index in [-0.39, 0.29) is 11.8 Å². The van der Waals surface area contributed by atoms with Gasteiger partial charge in [0.1, 0.15) is 5.75 Å². The Hall–Kier alpha value is -3.45. The van der Waals surface area contributed by atoms with Crippen LogP contribution in [0, 0.1) is 0 Å². The fraction of sp³-hybridized carbons (Fsp3) is 0.136. The van der Waals surface area contributed by atoms with Crippen molar-refractivity contribution in [1.29, 1.82) is 0 Å². The highest BCUT2D eigenvalue weighted by Gasteiger charge is 2.07. The first-order valence-electron chi connectivity index (χ1n) is 8.96. The Balaban J connectivity index is 1.56. The van der Waals surface area contributed by atoms with Crippen molar-refractivity contribution in [3.05, 3.63) is 82.0 Å². The van der Waals surface area contributed by atoms with Crippen LogP contribution >= 0.6 is 11.3 Å². The zero-order valence-corrected chi connectivity index (χ0v) is 17.0. The summed E-state index contributed by atoms with van der Waals surface area (Å²) in [5.41, 5.74) is 5.25. The van der Waals surface area contributed by atoms with Crippen LogP contribution in [0.5, 0.6) is 5.75 Å². The van der Waals surface area contributed by atoms with E-state index in [9.17, 15) is 9.59 Å². The number of thiophene rings is 1. The van der Waals surface area contributed by atoms with Crippen molar-refractivity contribution in [3.63, 3.8) is 0 Å². The summed E-state index contributed by atoms with van der Waals surface area (Å²) in [6.07, 6.45) is 0.358. The van der Waals surface area contributed by atoms with Gasteiger partial charge in [-0.3, -0.25) is 9.59 Å². The lowest BCUT2D eigenvalue weighted by molar-refractivity contribution is -0.115. The highest BCUT2D eigenvalue weighted by atomic mass is 32.1. The summed E-state index contributed by atoms with van der Waals surface area (Å²) < 4.78 is 5.08. The predicted molar refractivity (Wildman–Crippen MR) is 116 cm³/mol. The monoisotopic (exact) mass is 407 g/mol. The topological polar surface area (TPSA) is 79.8 Å². The van der Waals surface area contributed by atoms with Gasteiger partial charge in [0.25, 0.3) is 5.91 Å². The molecule has 2 N–H and O–H groups in total. The number of hydrogen-bond donors (Lipinski definition) is 2. The number of nitrogens with zero attached hydrogens (tertiary/aromatic N) is 1. The first-order chi connectivity index (χ1) is 14.0. The minimum absolute atomic E-state index is 0.0580. The number of benzene rings is 2. The maximum atomic E-state index is 12.2. The molecule has 148 valence electrons. The van der Waals surface area contributed by atoms with Gasteiger partial charge < -0.3 is 10.1 Å². The number of nitrogens with one attached hydrogen (secondary N) is 2. The SMILES string of the molecule is COc1ccc(C(=O)N/N=C(\C)c2ccc(NC(=O)Cc3cccs3)cc2)cc1. The standard InChI is InChI=1S/C22H21N3O3S/c1-15(24-25-22(27)17-7-11-19(28-2)12-8-17)16-5-9-18(10-6-16)23-21(26)14-20-4-3-13-29-20/h3-13H,14H2,1-2H3,(H,23,26)(H,25,27)/b24-15+. The Kier molecular flexibility index (Phi) is 6.76. The van der Waals surface area contributed by atoms with Crippen LogP contribution in [-0.4, -0.2) is 24.6 Å². The lowest BCUT2D eigenvalue weighted by Gasteiger charge is -2.07. The van der Waals surface area contributed by atoms with Crippen LogP contribution in [0.4, 0.5) is 5.69 Å². The summed E-state index contributed by atoms with van der Waals surface area (Å²) >= 11 is 1.56. The number of amides is 2. The quantitative estimate of drug-likeness (QED) is 0.457. The molecule has 2 aromatic carbocycles. The minimum Gasteiger partial charge on any atom is -0.497 e. The van der Waals surface area contributed by atoms with Crippen molar-refractivity contribution < 1.29 is 14.3 Å². The van der Waals surface area contributed by atoms with E-state index in [1.165, 1.54) is 0 Å². The molecule has 0 radical (unpaired) electrons. The van der Waals surface area contributed by atoms with Gasteiger partial charge in [0.05, 0.1) is 19.2 Å². The molecule has 0 saturated carbocycles. The van der Waals surface area contributed by atoms with Crippen LogP contribution in [0.25, 0.3) is 0 Å². The van der Waals surface area contributed by atoms with Crippen LogP contribution in [0.3, 0.4) is 0 Å². The van der Waals surface area contributed by atoms with E-state index in [4.69, 9.17) is 4.74 Å². The number of hydrogen-bond acceptors (Lipinski definition) is 5. The molecule has 0 aliphatic carbocycles. The third-order valence-electron chi connectivity index (χ3n) is 4.18. The van der Waals surface area contributed by atoms with E-state index in [0.717, 1.165) is 10.4 Å². The fourth-order valence-corrected chi connectivity index (χ4v) is 3.28. The van der Waals surface area contributed by atoms with Crippen LogP contribution in [0.2, 0.25) is 0 Å². The number of carbonyl (C=O) groups is 2. The Morgan fingerprint density at radius 3 is 2.31 bits per heavy atom. The molecule has 0 aliphatic rings. The number of carbonyl (C=O) groups excluding carboxylic acids is 2. The third-order valence-corrected chi connectivity index (χ3v) is 5.06. The second kappa shape index (κ2) is 9.66. The van der Waals surface area contributed by atoms with E-state index >= 15 is 0 Å². The van der Waals surface area contributed by atoms with Gasteiger partial charge in [-0.1, -0.05) is 18.2 Å². The van der Waals surface area contributed by atoms with Crippen LogP contribution < -0.4 is 15.5 Å². The first-order valence-corrected chi connectivity index (χ1v) is 9.84. The molecule has 0 unspecified atom stereocenters.